The third-order valence-electron chi connectivity index (χ3n) is 3.59. The van der Waals surface area contributed by atoms with Gasteiger partial charge in [0.25, 0.3) is 0 Å². The summed E-state index contributed by atoms with van der Waals surface area (Å²) in [6.45, 7) is 2.92. The third kappa shape index (κ3) is 4.12. The zero-order valence-corrected chi connectivity index (χ0v) is 12.8. The number of piperidine rings is 1. The van der Waals surface area contributed by atoms with Crippen molar-refractivity contribution in [2.45, 2.75) is 38.3 Å². The van der Waals surface area contributed by atoms with E-state index in [0.717, 1.165) is 37.1 Å². The molecular formula is C15H23ClN2O2. The number of hydrogen-bond donors (Lipinski definition) is 2. The maximum Gasteiger partial charge on any atom is 0.237 e. The van der Waals surface area contributed by atoms with Crippen LogP contribution in [-0.4, -0.2) is 25.6 Å². The first-order chi connectivity index (χ1) is 9.22. The van der Waals surface area contributed by atoms with Crippen LogP contribution in [0.5, 0.6) is 5.75 Å². The number of halogens is 1. The van der Waals surface area contributed by atoms with Crippen LogP contribution in [0.15, 0.2) is 24.3 Å². The molecule has 0 bridgehead atoms. The quantitative estimate of drug-likeness (QED) is 0.897. The Balaban J connectivity index is 0.00000200. The summed E-state index contributed by atoms with van der Waals surface area (Å²) in [5.41, 5.74) is 1.01. The average Bonchev–Trinajstić information content (AvgIpc) is 2.48. The van der Waals surface area contributed by atoms with Gasteiger partial charge in [-0.1, -0.05) is 24.6 Å². The van der Waals surface area contributed by atoms with Gasteiger partial charge in [-0.25, -0.2) is 0 Å². The normalized spacial score (nSPS) is 19.6. The Hall–Kier alpha value is -1.26. The van der Waals surface area contributed by atoms with Crippen molar-refractivity contribution < 1.29 is 9.53 Å². The van der Waals surface area contributed by atoms with Crippen molar-refractivity contribution in [2.75, 3.05) is 13.7 Å². The molecule has 1 amide bonds. The SMILES string of the molecule is COc1ccccc1C(C)NC(=O)C1CCCCN1.Cl. The van der Waals surface area contributed by atoms with Gasteiger partial charge in [-0.2, -0.15) is 0 Å². The number of carbonyl (C=O) groups excluding carboxylic acids is 1. The van der Waals surface area contributed by atoms with E-state index in [1.165, 1.54) is 0 Å². The predicted molar refractivity (Wildman–Crippen MR) is 82.4 cm³/mol. The van der Waals surface area contributed by atoms with E-state index in [2.05, 4.69) is 10.6 Å². The van der Waals surface area contributed by atoms with Crippen LogP contribution in [0, 0.1) is 0 Å². The predicted octanol–water partition coefficient (Wildman–Crippen LogP) is 2.44. The maximum absolute atomic E-state index is 12.2. The molecule has 0 radical (unpaired) electrons. The summed E-state index contributed by atoms with van der Waals surface area (Å²) in [6.07, 6.45) is 3.20. The van der Waals surface area contributed by atoms with Crippen molar-refractivity contribution in [3.8, 4) is 5.75 Å². The number of amides is 1. The minimum atomic E-state index is -0.0501. The highest BCUT2D eigenvalue weighted by Crippen LogP contribution is 2.24. The Kier molecular flexibility index (Phi) is 6.82. The zero-order valence-electron chi connectivity index (χ0n) is 12.0. The standard InChI is InChI=1S/C15H22N2O2.ClH/c1-11(12-7-3-4-9-14(12)19-2)17-15(18)13-8-5-6-10-16-13;/h3-4,7,9,11,13,16H,5-6,8,10H2,1-2H3,(H,17,18);1H. The van der Waals surface area contributed by atoms with Crippen LogP contribution in [0.3, 0.4) is 0 Å². The van der Waals surface area contributed by atoms with E-state index in [4.69, 9.17) is 4.74 Å². The van der Waals surface area contributed by atoms with Crippen LogP contribution in [0.25, 0.3) is 0 Å². The maximum atomic E-state index is 12.2. The molecule has 20 heavy (non-hydrogen) atoms. The number of nitrogens with one attached hydrogen (secondary N) is 2. The van der Waals surface area contributed by atoms with Crippen molar-refractivity contribution in [2.24, 2.45) is 0 Å². The van der Waals surface area contributed by atoms with Gasteiger partial charge in [-0.3, -0.25) is 4.79 Å². The Labute approximate surface area is 126 Å². The second kappa shape index (κ2) is 8.12. The van der Waals surface area contributed by atoms with Gasteiger partial charge in [-0.15, -0.1) is 12.4 Å². The molecule has 0 aliphatic carbocycles. The number of hydrogen-bond acceptors (Lipinski definition) is 3. The molecule has 1 heterocycles. The van der Waals surface area contributed by atoms with Gasteiger partial charge in [0.2, 0.25) is 5.91 Å². The second-order valence-corrected chi connectivity index (χ2v) is 4.97. The van der Waals surface area contributed by atoms with E-state index in [1.54, 1.807) is 7.11 Å². The first-order valence-electron chi connectivity index (χ1n) is 6.89. The van der Waals surface area contributed by atoms with Gasteiger partial charge in [0.1, 0.15) is 5.75 Å². The minimum absolute atomic E-state index is 0. The molecule has 0 spiro atoms. The topological polar surface area (TPSA) is 50.4 Å². The van der Waals surface area contributed by atoms with Crippen LogP contribution in [0.2, 0.25) is 0 Å². The second-order valence-electron chi connectivity index (χ2n) is 4.97. The number of methoxy groups -OCH3 is 1. The van der Waals surface area contributed by atoms with E-state index in [1.807, 2.05) is 31.2 Å². The summed E-state index contributed by atoms with van der Waals surface area (Å²) in [6, 6.07) is 7.69. The lowest BCUT2D eigenvalue weighted by molar-refractivity contribution is -0.124. The van der Waals surface area contributed by atoms with E-state index in [9.17, 15) is 4.79 Å². The average molecular weight is 299 g/mol. The van der Waals surface area contributed by atoms with Crippen LogP contribution in [-0.2, 0) is 4.79 Å². The molecule has 1 fully saturated rings. The largest absolute Gasteiger partial charge is 0.496 e. The summed E-state index contributed by atoms with van der Waals surface area (Å²) >= 11 is 0. The monoisotopic (exact) mass is 298 g/mol. The first-order valence-corrected chi connectivity index (χ1v) is 6.89. The van der Waals surface area contributed by atoms with E-state index < -0.39 is 0 Å². The minimum Gasteiger partial charge on any atom is -0.496 e. The molecule has 1 aliphatic rings. The highest BCUT2D eigenvalue weighted by Gasteiger charge is 2.22. The number of benzene rings is 1. The van der Waals surface area contributed by atoms with E-state index >= 15 is 0 Å². The number of rotatable bonds is 4. The molecule has 0 saturated carbocycles. The fraction of sp³-hybridized carbons (Fsp3) is 0.533. The van der Waals surface area contributed by atoms with E-state index in [0.29, 0.717) is 0 Å². The van der Waals surface area contributed by atoms with Crippen LogP contribution in [0.1, 0.15) is 37.8 Å². The van der Waals surface area contributed by atoms with E-state index in [-0.39, 0.29) is 30.4 Å². The fourth-order valence-electron chi connectivity index (χ4n) is 2.49. The molecule has 2 unspecified atom stereocenters. The zero-order chi connectivity index (χ0) is 13.7. The Morgan fingerprint density at radius 1 is 1.40 bits per heavy atom. The molecular weight excluding hydrogens is 276 g/mol. The smallest absolute Gasteiger partial charge is 0.237 e. The van der Waals surface area contributed by atoms with Crippen LogP contribution < -0.4 is 15.4 Å². The molecule has 112 valence electrons. The lowest BCUT2D eigenvalue weighted by atomic mass is 10.0. The number of ether oxygens (including phenoxy) is 1. The van der Waals surface area contributed by atoms with Gasteiger partial charge in [0.05, 0.1) is 19.2 Å². The number of para-hydroxylation sites is 1. The lowest BCUT2D eigenvalue weighted by Crippen LogP contribution is -2.47. The third-order valence-corrected chi connectivity index (χ3v) is 3.59. The van der Waals surface area contributed by atoms with Crippen LogP contribution >= 0.6 is 12.4 Å². The van der Waals surface area contributed by atoms with Crippen molar-refractivity contribution in [1.29, 1.82) is 0 Å². The molecule has 2 rings (SSSR count). The molecule has 1 aromatic carbocycles. The highest BCUT2D eigenvalue weighted by atomic mass is 35.5. The molecule has 5 heteroatoms. The Morgan fingerprint density at radius 3 is 2.80 bits per heavy atom. The first kappa shape index (κ1) is 16.8. The molecule has 0 aromatic heterocycles. The summed E-state index contributed by atoms with van der Waals surface area (Å²) in [5.74, 6) is 0.894. The summed E-state index contributed by atoms with van der Waals surface area (Å²) in [7, 11) is 1.65. The van der Waals surface area contributed by atoms with Crippen molar-refractivity contribution in [3.63, 3.8) is 0 Å². The van der Waals surface area contributed by atoms with Crippen molar-refractivity contribution in [3.05, 3.63) is 29.8 Å². The molecule has 1 saturated heterocycles. The van der Waals surface area contributed by atoms with Gasteiger partial charge < -0.3 is 15.4 Å². The molecule has 4 nitrogen and oxygen atoms in total. The summed E-state index contributed by atoms with van der Waals surface area (Å²) < 4.78 is 5.33. The molecule has 2 atom stereocenters. The van der Waals surface area contributed by atoms with Gasteiger partial charge >= 0.3 is 0 Å². The summed E-state index contributed by atoms with van der Waals surface area (Å²) in [4.78, 5) is 12.2. The Morgan fingerprint density at radius 2 is 2.15 bits per heavy atom. The molecule has 1 aromatic rings. The fourth-order valence-corrected chi connectivity index (χ4v) is 2.49. The van der Waals surface area contributed by atoms with Crippen LogP contribution in [0.4, 0.5) is 0 Å². The number of carbonyl (C=O) groups is 1. The van der Waals surface area contributed by atoms with Gasteiger partial charge in [0, 0.05) is 5.56 Å². The lowest BCUT2D eigenvalue weighted by Gasteiger charge is -2.25. The van der Waals surface area contributed by atoms with Gasteiger partial charge in [-0.05, 0) is 32.4 Å². The summed E-state index contributed by atoms with van der Waals surface area (Å²) in [5, 5.41) is 6.32. The molecule has 2 N–H and O–H groups in total. The molecule has 1 aliphatic heterocycles. The van der Waals surface area contributed by atoms with Crippen molar-refractivity contribution >= 4 is 18.3 Å². The van der Waals surface area contributed by atoms with Crippen molar-refractivity contribution in [1.82, 2.24) is 10.6 Å². The Bertz CT molecular complexity index is 434. The highest BCUT2D eigenvalue weighted by molar-refractivity contribution is 5.85. The van der Waals surface area contributed by atoms with Gasteiger partial charge in [0.15, 0.2) is 0 Å².